The van der Waals surface area contributed by atoms with Crippen molar-refractivity contribution in [2.24, 2.45) is 0 Å². The molecule has 3 nitrogen and oxygen atoms in total. The minimum atomic E-state index is -0.201. The third kappa shape index (κ3) is 2.18. The molecule has 0 fully saturated rings. The van der Waals surface area contributed by atoms with Gasteiger partial charge >= 0.3 is 5.97 Å². The van der Waals surface area contributed by atoms with Crippen LogP contribution < -0.4 is 5.32 Å². The Balaban J connectivity index is 2.25. The smallest absolute Gasteiger partial charge is 0.328 e. The predicted molar refractivity (Wildman–Crippen MR) is 63.5 cm³/mol. The summed E-state index contributed by atoms with van der Waals surface area (Å²) in [7, 11) is 1.44. The Bertz CT molecular complexity index is 401. The van der Waals surface area contributed by atoms with Crippen LogP contribution in [0.1, 0.15) is 24.0 Å². The quantitative estimate of drug-likeness (QED) is 0.736. The summed E-state index contributed by atoms with van der Waals surface area (Å²) in [5, 5.41) is 3.28. The highest BCUT2D eigenvalue weighted by Crippen LogP contribution is 2.25. The number of esters is 1. The summed E-state index contributed by atoms with van der Waals surface area (Å²) in [4.78, 5) is 11.5. The third-order valence-corrected chi connectivity index (χ3v) is 3.02. The van der Waals surface area contributed by atoms with Crippen molar-refractivity contribution in [3.8, 4) is 0 Å². The number of benzene rings is 1. The van der Waals surface area contributed by atoms with E-state index < -0.39 is 0 Å². The van der Waals surface area contributed by atoms with Gasteiger partial charge in [0.25, 0.3) is 0 Å². The molecule has 1 aromatic rings. The van der Waals surface area contributed by atoms with Gasteiger partial charge in [0.2, 0.25) is 0 Å². The topological polar surface area (TPSA) is 38.3 Å². The fourth-order valence-electron chi connectivity index (χ4n) is 2.12. The molecule has 1 unspecified atom stereocenters. The summed E-state index contributed by atoms with van der Waals surface area (Å²) in [6.07, 6.45) is 2.87. The van der Waals surface area contributed by atoms with E-state index in [2.05, 4.69) is 30.4 Å². The lowest BCUT2D eigenvalue weighted by atomic mass is 10.1. The van der Waals surface area contributed by atoms with Crippen LogP contribution in [0.25, 0.3) is 0 Å². The number of rotatable bonds is 1. The highest BCUT2D eigenvalue weighted by atomic mass is 16.5. The first kappa shape index (κ1) is 11.0. The Hall–Kier alpha value is -1.51. The van der Waals surface area contributed by atoms with Crippen LogP contribution in [-0.2, 0) is 16.0 Å². The van der Waals surface area contributed by atoms with Crippen molar-refractivity contribution in [3.05, 3.63) is 29.3 Å². The second-order valence-corrected chi connectivity index (χ2v) is 4.27. The number of anilines is 1. The highest BCUT2D eigenvalue weighted by molar-refractivity contribution is 5.80. The molecule has 0 spiro atoms. The lowest BCUT2D eigenvalue weighted by Crippen LogP contribution is -2.29. The molecule has 1 heterocycles. The first-order valence-electron chi connectivity index (χ1n) is 5.64. The maximum Gasteiger partial charge on any atom is 0.328 e. The van der Waals surface area contributed by atoms with Crippen molar-refractivity contribution in [1.29, 1.82) is 0 Å². The van der Waals surface area contributed by atoms with Gasteiger partial charge in [-0.25, -0.2) is 4.79 Å². The number of hydrogen-bond donors (Lipinski definition) is 1. The minimum Gasteiger partial charge on any atom is -0.467 e. The van der Waals surface area contributed by atoms with Gasteiger partial charge in [-0.05, 0) is 43.4 Å². The van der Waals surface area contributed by atoms with Crippen LogP contribution in [0.5, 0.6) is 0 Å². The van der Waals surface area contributed by atoms with E-state index in [9.17, 15) is 4.79 Å². The van der Waals surface area contributed by atoms with E-state index in [1.807, 2.05) is 0 Å². The Morgan fingerprint density at radius 2 is 2.31 bits per heavy atom. The molecule has 0 amide bonds. The average Bonchev–Trinajstić information content (AvgIpc) is 2.49. The van der Waals surface area contributed by atoms with Crippen LogP contribution >= 0.6 is 0 Å². The molecule has 1 N–H and O–H groups in total. The molecular weight excluding hydrogens is 202 g/mol. The van der Waals surface area contributed by atoms with Crippen LogP contribution in [0.15, 0.2) is 18.2 Å². The summed E-state index contributed by atoms with van der Waals surface area (Å²) in [5.41, 5.74) is 3.57. The van der Waals surface area contributed by atoms with Crippen molar-refractivity contribution in [1.82, 2.24) is 0 Å². The van der Waals surface area contributed by atoms with Crippen LogP contribution in [0.3, 0.4) is 0 Å². The number of methoxy groups -OCH3 is 1. The molecule has 2 rings (SSSR count). The fourth-order valence-corrected chi connectivity index (χ4v) is 2.12. The van der Waals surface area contributed by atoms with Gasteiger partial charge in [-0.3, -0.25) is 0 Å². The normalized spacial score (nSPS) is 19.2. The Labute approximate surface area is 95.8 Å². The summed E-state index contributed by atoms with van der Waals surface area (Å²) < 4.78 is 4.79. The first-order valence-corrected chi connectivity index (χ1v) is 5.64. The van der Waals surface area contributed by atoms with Gasteiger partial charge in [0, 0.05) is 5.69 Å². The maximum absolute atomic E-state index is 11.5. The summed E-state index contributed by atoms with van der Waals surface area (Å²) in [6.45, 7) is 2.06. The number of aryl methyl sites for hydroxylation is 2. The fraction of sp³-hybridized carbons (Fsp3) is 0.462. The van der Waals surface area contributed by atoms with Crippen molar-refractivity contribution < 1.29 is 9.53 Å². The molecule has 1 aromatic carbocycles. The van der Waals surface area contributed by atoms with E-state index in [0.717, 1.165) is 24.9 Å². The summed E-state index contributed by atoms with van der Waals surface area (Å²) in [5.74, 6) is -0.172. The SMILES string of the molecule is COC(=O)C1CCCc2ccc(C)cc2N1. The molecule has 86 valence electrons. The first-order chi connectivity index (χ1) is 7.70. The number of fused-ring (bicyclic) bond motifs is 1. The molecule has 3 heteroatoms. The third-order valence-electron chi connectivity index (χ3n) is 3.02. The predicted octanol–water partition coefficient (Wildman–Crippen LogP) is 2.28. The van der Waals surface area contributed by atoms with E-state index in [1.165, 1.54) is 18.2 Å². The molecule has 0 saturated carbocycles. The van der Waals surface area contributed by atoms with E-state index in [4.69, 9.17) is 4.74 Å². The van der Waals surface area contributed by atoms with Crippen molar-refractivity contribution in [2.75, 3.05) is 12.4 Å². The molecule has 1 aliphatic rings. The molecule has 1 aliphatic heterocycles. The second-order valence-electron chi connectivity index (χ2n) is 4.27. The molecule has 0 aromatic heterocycles. The lowest BCUT2D eigenvalue weighted by Gasteiger charge is -2.15. The van der Waals surface area contributed by atoms with Gasteiger partial charge in [0.05, 0.1) is 7.11 Å². The number of hydrogen-bond acceptors (Lipinski definition) is 3. The molecular formula is C13H17NO2. The zero-order valence-electron chi connectivity index (χ0n) is 9.75. The number of carbonyl (C=O) groups excluding carboxylic acids is 1. The van der Waals surface area contributed by atoms with Gasteiger partial charge in [0.1, 0.15) is 6.04 Å². The van der Waals surface area contributed by atoms with Crippen LogP contribution in [0.2, 0.25) is 0 Å². The molecule has 0 radical (unpaired) electrons. The Morgan fingerprint density at radius 1 is 1.50 bits per heavy atom. The minimum absolute atomic E-state index is 0.172. The van der Waals surface area contributed by atoms with Crippen molar-refractivity contribution in [2.45, 2.75) is 32.2 Å². The molecule has 0 saturated heterocycles. The van der Waals surface area contributed by atoms with Crippen LogP contribution in [0.4, 0.5) is 5.69 Å². The molecule has 1 atom stereocenters. The van der Waals surface area contributed by atoms with Crippen LogP contribution in [0, 0.1) is 6.92 Å². The molecule has 16 heavy (non-hydrogen) atoms. The maximum atomic E-state index is 11.5. The van der Waals surface area contributed by atoms with Gasteiger partial charge < -0.3 is 10.1 Å². The number of nitrogens with one attached hydrogen (secondary N) is 1. The van der Waals surface area contributed by atoms with E-state index >= 15 is 0 Å². The lowest BCUT2D eigenvalue weighted by molar-refractivity contribution is -0.141. The van der Waals surface area contributed by atoms with E-state index in [1.54, 1.807) is 0 Å². The molecule has 0 bridgehead atoms. The largest absolute Gasteiger partial charge is 0.467 e. The van der Waals surface area contributed by atoms with E-state index in [-0.39, 0.29) is 12.0 Å². The van der Waals surface area contributed by atoms with Crippen molar-refractivity contribution in [3.63, 3.8) is 0 Å². The Morgan fingerprint density at radius 3 is 3.06 bits per heavy atom. The van der Waals surface area contributed by atoms with Gasteiger partial charge in [-0.2, -0.15) is 0 Å². The highest BCUT2D eigenvalue weighted by Gasteiger charge is 2.22. The zero-order valence-corrected chi connectivity index (χ0v) is 9.75. The molecule has 0 aliphatic carbocycles. The van der Waals surface area contributed by atoms with Gasteiger partial charge in [0.15, 0.2) is 0 Å². The number of carbonyl (C=O) groups is 1. The van der Waals surface area contributed by atoms with E-state index in [0.29, 0.717) is 0 Å². The monoisotopic (exact) mass is 219 g/mol. The summed E-state index contributed by atoms with van der Waals surface area (Å²) >= 11 is 0. The summed E-state index contributed by atoms with van der Waals surface area (Å²) in [6, 6.07) is 6.14. The van der Waals surface area contributed by atoms with Crippen LogP contribution in [-0.4, -0.2) is 19.1 Å². The van der Waals surface area contributed by atoms with Gasteiger partial charge in [-0.1, -0.05) is 12.1 Å². The van der Waals surface area contributed by atoms with Gasteiger partial charge in [-0.15, -0.1) is 0 Å². The second kappa shape index (κ2) is 4.56. The standard InChI is InChI=1S/C13H17NO2/c1-9-6-7-10-4-3-5-11(13(15)16-2)14-12(10)8-9/h6-8,11,14H,3-5H2,1-2H3. The zero-order chi connectivity index (χ0) is 11.5. The van der Waals surface area contributed by atoms with Crippen molar-refractivity contribution >= 4 is 11.7 Å². The average molecular weight is 219 g/mol. The Kier molecular flexibility index (Phi) is 3.13. The number of ether oxygens (including phenoxy) is 1.